The maximum Gasteiger partial charge on any atom is 0.305 e. The van der Waals surface area contributed by atoms with Crippen molar-refractivity contribution in [2.75, 3.05) is 4.90 Å². The molecule has 3 aromatic rings. The van der Waals surface area contributed by atoms with Crippen LogP contribution in [-0.2, 0) is 4.79 Å². The highest BCUT2D eigenvalue weighted by molar-refractivity contribution is 6.00. The molecule has 0 bridgehead atoms. The van der Waals surface area contributed by atoms with E-state index in [2.05, 4.69) is 9.97 Å². The summed E-state index contributed by atoms with van der Waals surface area (Å²) in [6.45, 7) is 0. The van der Waals surface area contributed by atoms with E-state index in [1.807, 2.05) is 48.6 Å². The van der Waals surface area contributed by atoms with Gasteiger partial charge >= 0.3 is 6.01 Å². The first-order valence-corrected chi connectivity index (χ1v) is 7.07. The first-order chi connectivity index (χ1) is 10.8. The van der Waals surface area contributed by atoms with Gasteiger partial charge in [-0.15, -0.1) is 0 Å². The molecule has 1 aliphatic heterocycles. The molecule has 3 heterocycles. The zero-order valence-corrected chi connectivity index (χ0v) is 11.7. The van der Waals surface area contributed by atoms with Crippen LogP contribution in [0.15, 0.2) is 59.3 Å². The van der Waals surface area contributed by atoms with E-state index in [4.69, 9.17) is 4.42 Å². The molecular formula is C17H13N3O2. The summed E-state index contributed by atoms with van der Waals surface area (Å²) in [4.78, 5) is 21.9. The van der Waals surface area contributed by atoms with Gasteiger partial charge in [0.1, 0.15) is 5.52 Å². The van der Waals surface area contributed by atoms with Gasteiger partial charge in [-0.1, -0.05) is 30.4 Å². The second-order valence-corrected chi connectivity index (χ2v) is 5.14. The van der Waals surface area contributed by atoms with Gasteiger partial charge in [0.25, 0.3) is 0 Å². The van der Waals surface area contributed by atoms with Crippen LogP contribution in [0.1, 0.15) is 12.0 Å². The third-order valence-corrected chi connectivity index (χ3v) is 3.67. The average molecular weight is 291 g/mol. The van der Waals surface area contributed by atoms with Gasteiger partial charge in [-0.25, -0.2) is 0 Å². The Bertz CT molecular complexity index is 821. The molecule has 1 fully saturated rings. The fraction of sp³-hybridized carbons (Fsp3) is 0.118. The molecule has 0 saturated carbocycles. The van der Waals surface area contributed by atoms with E-state index in [9.17, 15) is 4.79 Å². The standard InChI is InChI=1S/C17H13N3O2/c21-16-10-13(8-7-12-4-3-9-18-11-12)20(16)17-19-14-5-1-2-6-15(14)22-17/h1-9,11,13H,10H2/b8-7+/t13-/m1/s1. The summed E-state index contributed by atoms with van der Waals surface area (Å²) < 4.78 is 5.67. The molecule has 5 heteroatoms. The molecule has 4 rings (SSSR count). The van der Waals surface area contributed by atoms with Crippen LogP contribution in [0, 0.1) is 0 Å². The first kappa shape index (κ1) is 12.8. The molecule has 22 heavy (non-hydrogen) atoms. The van der Waals surface area contributed by atoms with Crippen LogP contribution >= 0.6 is 0 Å². The van der Waals surface area contributed by atoms with Crippen molar-refractivity contribution in [3.63, 3.8) is 0 Å². The number of hydrogen-bond acceptors (Lipinski definition) is 4. The number of amides is 1. The second kappa shape index (κ2) is 5.11. The molecule has 0 aliphatic carbocycles. The minimum atomic E-state index is -0.0271. The number of hydrogen-bond donors (Lipinski definition) is 0. The lowest BCUT2D eigenvalue weighted by atomic mass is 10.0. The molecule has 0 spiro atoms. The lowest BCUT2D eigenvalue weighted by Gasteiger charge is -2.35. The van der Waals surface area contributed by atoms with Crippen LogP contribution in [0.5, 0.6) is 0 Å². The van der Waals surface area contributed by atoms with E-state index in [1.54, 1.807) is 17.3 Å². The topological polar surface area (TPSA) is 59.2 Å². The largest absolute Gasteiger partial charge is 0.423 e. The molecule has 2 aromatic heterocycles. The summed E-state index contributed by atoms with van der Waals surface area (Å²) in [6.07, 6.45) is 7.91. The maximum atomic E-state index is 11.9. The SMILES string of the molecule is O=C1C[C@@H](/C=C/c2cccnc2)N1c1nc2ccccc2o1. The Labute approximate surface area is 126 Å². The number of anilines is 1. The Kier molecular flexibility index (Phi) is 2.96. The Morgan fingerprint density at radius 3 is 2.91 bits per heavy atom. The van der Waals surface area contributed by atoms with Gasteiger partial charge in [0.05, 0.1) is 12.5 Å². The number of pyridine rings is 1. The third kappa shape index (κ3) is 2.16. The molecule has 1 saturated heterocycles. The van der Waals surface area contributed by atoms with Crippen molar-refractivity contribution in [1.29, 1.82) is 0 Å². The van der Waals surface area contributed by atoms with Crippen molar-refractivity contribution >= 4 is 29.1 Å². The second-order valence-electron chi connectivity index (χ2n) is 5.14. The van der Waals surface area contributed by atoms with E-state index in [0.717, 1.165) is 11.1 Å². The summed E-state index contributed by atoms with van der Waals surface area (Å²) in [7, 11) is 0. The number of fused-ring (bicyclic) bond motifs is 1. The van der Waals surface area contributed by atoms with E-state index in [-0.39, 0.29) is 11.9 Å². The summed E-state index contributed by atoms with van der Waals surface area (Å²) in [6, 6.07) is 11.7. The number of nitrogens with zero attached hydrogens (tertiary/aromatic N) is 3. The first-order valence-electron chi connectivity index (χ1n) is 7.07. The van der Waals surface area contributed by atoms with Crippen LogP contribution in [0.3, 0.4) is 0 Å². The zero-order chi connectivity index (χ0) is 14.9. The highest BCUT2D eigenvalue weighted by atomic mass is 16.4. The monoisotopic (exact) mass is 291 g/mol. The van der Waals surface area contributed by atoms with Crippen molar-refractivity contribution in [2.45, 2.75) is 12.5 Å². The van der Waals surface area contributed by atoms with Gasteiger partial charge in [-0.2, -0.15) is 4.98 Å². The number of benzene rings is 1. The van der Waals surface area contributed by atoms with E-state index < -0.39 is 0 Å². The molecule has 5 nitrogen and oxygen atoms in total. The van der Waals surface area contributed by atoms with Crippen LogP contribution in [-0.4, -0.2) is 21.9 Å². The van der Waals surface area contributed by atoms with Gasteiger partial charge in [0.15, 0.2) is 5.58 Å². The Balaban J connectivity index is 1.60. The molecule has 0 radical (unpaired) electrons. The number of rotatable bonds is 3. The van der Waals surface area contributed by atoms with Crippen molar-refractivity contribution in [3.05, 3.63) is 60.4 Å². The fourth-order valence-corrected chi connectivity index (χ4v) is 2.50. The van der Waals surface area contributed by atoms with Crippen LogP contribution < -0.4 is 4.90 Å². The quantitative estimate of drug-likeness (QED) is 0.696. The zero-order valence-electron chi connectivity index (χ0n) is 11.7. The van der Waals surface area contributed by atoms with Crippen molar-refractivity contribution in [2.24, 2.45) is 0 Å². The van der Waals surface area contributed by atoms with E-state index >= 15 is 0 Å². The van der Waals surface area contributed by atoms with Gasteiger partial charge in [0.2, 0.25) is 5.91 Å². The predicted molar refractivity (Wildman–Crippen MR) is 83.2 cm³/mol. The summed E-state index contributed by atoms with van der Waals surface area (Å²) in [5.41, 5.74) is 2.44. The molecule has 1 aliphatic rings. The molecule has 1 aromatic carbocycles. The van der Waals surface area contributed by atoms with Crippen molar-refractivity contribution in [1.82, 2.24) is 9.97 Å². The predicted octanol–water partition coefficient (Wildman–Crippen LogP) is 3.04. The molecule has 108 valence electrons. The highest BCUT2D eigenvalue weighted by Crippen LogP contribution is 2.30. The summed E-state index contributed by atoms with van der Waals surface area (Å²) in [5, 5.41) is 0. The summed E-state index contributed by atoms with van der Waals surface area (Å²) >= 11 is 0. The van der Waals surface area contributed by atoms with Gasteiger partial charge in [0, 0.05) is 12.4 Å². The minimum absolute atomic E-state index is 0.0207. The smallest absolute Gasteiger partial charge is 0.305 e. The van der Waals surface area contributed by atoms with E-state index in [0.29, 0.717) is 18.0 Å². The van der Waals surface area contributed by atoms with Gasteiger partial charge in [-0.05, 0) is 23.8 Å². The van der Waals surface area contributed by atoms with Gasteiger partial charge in [-0.3, -0.25) is 14.7 Å². The van der Waals surface area contributed by atoms with Crippen molar-refractivity contribution < 1.29 is 9.21 Å². The maximum absolute atomic E-state index is 11.9. The Morgan fingerprint density at radius 2 is 2.14 bits per heavy atom. The van der Waals surface area contributed by atoms with Crippen LogP contribution in [0.2, 0.25) is 0 Å². The number of oxazole rings is 1. The Morgan fingerprint density at radius 1 is 1.23 bits per heavy atom. The van der Waals surface area contributed by atoms with E-state index in [1.165, 1.54) is 0 Å². The van der Waals surface area contributed by atoms with Crippen LogP contribution in [0.4, 0.5) is 6.01 Å². The number of β-lactam (4-membered cyclic amide) rings is 1. The number of para-hydroxylation sites is 2. The minimum Gasteiger partial charge on any atom is -0.423 e. The fourth-order valence-electron chi connectivity index (χ4n) is 2.50. The molecule has 1 atom stereocenters. The van der Waals surface area contributed by atoms with Crippen molar-refractivity contribution in [3.8, 4) is 0 Å². The van der Waals surface area contributed by atoms with Crippen LogP contribution in [0.25, 0.3) is 17.2 Å². The normalized spacial score (nSPS) is 18.1. The summed E-state index contributed by atoms with van der Waals surface area (Å²) in [5.74, 6) is 0.0207. The lowest BCUT2D eigenvalue weighted by Crippen LogP contribution is -2.52. The molecular weight excluding hydrogens is 278 g/mol. The third-order valence-electron chi connectivity index (χ3n) is 3.67. The molecule has 0 unspecified atom stereocenters. The number of aromatic nitrogens is 2. The lowest BCUT2D eigenvalue weighted by molar-refractivity contribution is -0.123. The number of carbonyl (C=O) groups excluding carboxylic acids is 1. The highest BCUT2D eigenvalue weighted by Gasteiger charge is 2.38. The Hall–Kier alpha value is -2.95. The molecule has 1 amide bonds. The average Bonchev–Trinajstić information content (AvgIpc) is 2.94. The number of carbonyl (C=O) groups is 1. The molecule has 0 N–H and O–H groups in total. The van der Waals surface area contributed by atoms with Gasteiger partial charge < -0.3 is 4.42 Å².